The third-order valence-electron chi connectivity index (χ3n) is 2.95. The molecular weight excluding hydrogens is 276 g/mol. The zero-order valence-electron chi connectivity index (χ0n) is 9.69. The van der Waals surface area contributed by atoms with Gasteiger partial charge in [0.05, 0.1) is 22.7 Å². The van der Waals surface area contributed by atoms with E-state index in [4.69, 9.17) is 11.6 Å². The van der Waals surface area contributed by atoms with Gasteiger partial charge in [0.15, 0.2) is 0 Å². The number of hydrogen-bond acceptors (Lipinski definition) is 5. The van der Waals surface area contributed by atoms with Crippen molar-refractivity contribution in [1.29, 1.82) is 0 Å². The van der Waals surface area contributed by atoms with Crippen molar-refractivity contribution in [3.8, 4) is 0 Å². The number of carbonyl (C=O) groups excluding carboxylic acids is 1. The first-order valence-corrected chi connectivity index (χ1v) is 5.88. The van der Waals surface area contributed by atoms with Crippen LogP contribution in [0.5, 0.6) is 0 Å². The van der Waals surface area contributed by atoms with Crippen molar-refractivity contribution in [1.82, 2.24) is 4.90 Å². The van der Waals surface area contributed by atoms with E-state index in [-0.39, 0.29) is 29.4 Å². The molecule has 19 heavy (non-hydrogen) atoms. The number of hydrogen-bond donors (Lipinski definition) is 2. The summed E-state index contributed by atoms with van der Waals surface area (Å²) in [5.74, 6) is -0.552. The predicted molar refractivity (Wildman–Crippen MR) is 66.0 cm³/mol. The van der Waals surface area contributed by atoms with Gasteiger partial charge in [-0.3, -0.25) is 14.9 Å². The van der Waals surface area contributed by atoms with Crippen LogP contribution in [-0.4, -0.2) is 51.2 Å². The molecule has 0 bridgehead atoms. The lowest BCUT2D eigenvalue weighted by molar-refractivity contribution is -0.384. The zero-order valence-corrected chi connectivity index (χ0v) is 10.4. The van der Waals surface area contributed by atoms with Crippen LogP contribution >= 0.6 is 11.6 Å². The molecular formula is C11H11ClN2O5. The monoisotopic (exact) mass is 286 g/mol. The molecule has 0 aliphatic carbocycles. The van der Waals surface area contributed by atoms with Gasteiger partial charge in [0.1, 0.15) is 5.02 Å². The summed E-state index contributed by atoms with van der Waals surface area (Å²) >= 11 is 5.84. The summed E-state index contributed by atoms with van der Waals surface area (Å²) in [5.41, 5.74) is -0.370. The SMILES string of the molecule is O=C(c1cccc([N+](=O)[O-])c1Cl)N1CC(O)C(O)C1. The van der Waals surface area contributed by atoms with Gasteiger partial charge in [0.2, 0.25) is 0 Å². The number of nitro groups is 1. The number of carbonyl (C=O) groups is 1. The number of rotatable bonds is 2. The molecule has 1 aromatic rings. The van der Waals surface area contributed by atoms with Crippen LogP contribution in [0.2, 0.25) is 5.02 Å². The van der Waals surface area contributed by atoms with Gasteiger partial charge >= 0.3 is 0 Å². The summed E-state index contributed by atoms with van der Waals surface area (Å²) in [4.78, 5) is 23.4. The molecule has 2 atom stereocenters. The fraction of sp³-hybridized carbons (Fsp3) is 0.364. The Morgan fingerprint density at radius 1 is 1.37 bits per heavy atom. The Kier molecular flexibility index (Phi) is 3.70. The molecule has 2 unspecified atom stereocenters. The highest BCUT2D eigenvalue weighted by atomic mass is 35.5. The van der Waals surface area contributed by atoms with E-state index >= 15 is 0 Å². The van der Waals surface area contributed by atoms with E-state index < -0.39 is 23.0 Å². The minimum atomic E-state index is -1.01. The first-order valence-electron chi connectivity index (χ1n) is 5.50. The van der Waals surface area contributed by atoms with Crippen molar-refractivity contribution >= 4 is 23.2 Å². The van der Waals surface area contributed by atoms with Crippen LogP contribution in [0.15, 0.2) is 18.2 Å². The average molecular weight is 287 g/mol. The van der Waals surface area contributed by atoms with E-state index in [1.54, 1.807) is 0 Å². The molecule has 2 N–H and O–H groups in total. The lowest BCUT2D eigenvalue weighted by Gasteiger charge is -2.15. The summed E-state index contributed by atoms with van der Waals surface area (Å²) in [7, 11) is 0. The number of aliphatic hydroxyl groups is 2. The smallest absolute Gasteiger partial charge is 0.288 e. The van der Waals surface area contributed by atoms with Gasteiger partial charge in [-0.05, 0) is 6.07 Å². The van der Waals surface area contributed by atoms with Crippen molar-refractivity contribution in [3.05, 3.63) is 38.9 Å². The van der Waals surface area contributed by atoms with Crippen LogP contribution in [0.3, 0.4) is 0 Å². The average Bonchev–Trinajstić information content (AvgIpc) is 2.69. The molecule has 1 saturated heterocycles. The van der Waals surface area contributed by atoms with Gasteiger partial charge in [0.25, 0.3) is 11.6 Å². The van der Waals surface area contributed by atoms with Crippen LogP contribution in [0.25, 0.3) is 0 Å². The maximum Gasteiger partial charge on any atom is 0.288 e. The second kappa shape index (κ2) is 5.12. The minimum absolute atomic E-state index is 0.0165. The standard InChI is InChI=1S/C11H11ClN2O5/c12-10-6(2-1-3-7(10)14(18)19)11(17)13-4-8(15)9(16)5-13/h1-3,8-9,15-16H,4-5H2. The molecule has 1 amide bonds. The summed E-state index contributed by atoms with van der Waals surface area (Å²) in [6.07, 6.45) is -2.03. The normalized spacial score (nSPS) is 22.6. The second-order valence-corrected chi connectivity index (χ2v) is 4.62. The first-order chi connectivity index (χ1) is 8.91. The van der Waals surface area contributed by atoms with Crippen LogP contribution in [-0.2, 0) is 0 Å². The number of benzene rings is 1. The van der Waals surface area contributed by atoms with E-state index in [0.29, 0.717) is 0 Å². The molecule has 7 nitrogen and oxygen atoms in total. The van der Waals surface area contributed by atoms with Gasteiger partial charge in [-0.25, -0.2) is 0 Å². The number of nitro benzene ring substituents is 1. The first kappa shape index (κ1) is 13.7. The third-order valence-corrected chi connectivity index (χ3v) is 3.35. The van der Waals surface area contributed by atoms with Gasteiger partial charge in [0, 0.05) is 19.2 Å². The summed E-state index contributed by atoms with van der Waals surface area (Å²) in [6.45, 7) is -0.0575. The quantitative estimate of drug-likeness (QED) is 0.606. The van der Waals surface area contributed by atoms with Gasteiger partial charge in [-0.15, -0.1) is 0 Å². The molecule has 8 heteroatoms. The molecule has 102 valence electrons. The number of halogens is 1. The molecule has 0 aromatic heterocycles. The Balaban J connectivity index is 2.30. The van der Waals surface area contributed by atoms with E-state index in [1.807, 2.05) is 0 Å². The van der Waals surface area contributed by atoms with Gasteiger partial charge < -0.3 is 15.1 Å². The second-order valence-electron chi connectivity index (χ2n) is 4.24. The highest BCUT2D eigenvalue weighted by molar-refractivity contribution is 6.35. The van der Waals surface area contributed by atoms with Crippen molar-refractivity contribution in [2.45, 2.75) is 12.2 Å². The lowest BCUT2D eigenvalue weighted by Crippen LogP contribution is -2.30. The summed E-state index contributed by atoms with van der Waals surface area (Å²) in [5, 5.41) is 29.3. The van der Waals surface area contributed by atoms with Crippen molar-refractivity contribution in [2.24, 2.45) is 0 Å². The highest BCUT2D eigenvalue weighted by Crippen LogP contribution is 2.29. The molecule has 1 aliphatic heterocycles. The number of amides is 1. The molecule has 1 fully saturated rings. The Hall–Kier alpha value is -1.70. The zero-order chi connectivity index (χ0) is 14.2. The van der Waals surface area contributed by atoms with Gasteiger partial charge in [-0.2, -0.15) is 0 Å². The Labute approximate surface area is 113 Å². The number of likely N-dealkylation sites (tertiary alicyclic amines) is 1. The van der Waals surface area contributed by atoms with Crippen molar-refractivity contribution in [3.63, 3.8) is 0 Å². The maximum absolute atomic E-state index is 12.1. The van der Waals surface area contributed by atoms with Crippen LogP contribution in [0.4, 0.5) is 5.69 Å². The Morgan fingerprint density at radius 2 is 1.95 bits per heavy atom. The Bertz CT molecular complexity index is 526. The summed E-state index contributed by atoms with van der Waals surface area (Å²) < 4.78 is 0. The molecule has 2 rings (SSSR count). The summed E-state index contributed by atoms with van der Waals surface area (Å²) in [6, 6.07) is 3.93. The molecule has 0 radical (unpaired) electrons. The van der Waals surface area contributed by atoms with Crippen LogP contribution < -0.4 is 0 Å². The maximum atomic E-state index is 12.1. The van der Waals surface area contributed by atoms with Crippen molar-refractivity contribution in [2.75, 3.05) is 13.1 Å². The van der Waals surface area contributed by atoms with E-state index in [9.17, 15) is 25.1 Å². The lowest BCUT2D eigenvalue weighted by atomic mass is 10.1. The predicted octanol–water partition coefficient (Wildman–Crippen LogP) is 0.426. The fourth-order valence-electron chi connectivity index (χ4n) is 1.93. The van der Waals surface area contributed by atoms with Gasteiger partial charge in [-0.1, -0.05) is 17.7 Å². The molecule has 0 saturated carbocycles. The van der Waals surface area contributed by atoms with E-state index in [2.05, 4.69) is 0 Å². The topological polar surface area (TPSA) is 104 Å². The largest absolute Gasteiger partial charge is 0.388 e. The molecule has 0 spiro atoms. The molecule has 1 aromatic carbocycles. The molecule has 1 aliphatic rings. The number of aliphatic hydroxyl groups excluding tert-OH is 2. The van der Waals surface area contributed by atoms with E-state index in [1.165, 1.54) is 23.1 Å². The van der Waals surface area contributed by atoms with Crippen molar-refractivity contribution < 1.29 is 19.9 Å². The molecule has 1 heterocycles. The minimum Gasteiger partial charge on any atom is -0.388 e. The number of nitrogens with zero attached hydrogens (tertiary/aromatic N) is 2. The highest BCUT2D eigenvalue weighted by Gasteiger charge is 2.34. The van der Waals surface area contributed by atoms with Crippen LogP contribution in [0, 0.1) is 10.1 Å². The third kappa shape index (κ3) is 2.53. The van der Waals surface area contributed by atoms with Crippen LogP contribution in [0.1, 0.15) is 10.4 Å². The fourth-order valence-corrected chi connectivity index (χ4v) is 2.21. The number of β-amino-alcohol motifs (C(OH)–C–C–N with tert-alkyl or cyclic N) is 2. The van der Waals surface area contributed by atoms with E-state index in [0.717, 1.165) is 0 Å². The Morgan fingerprint density at radius 3 is 2.47 bits per heavy atom.